The maximum Gasteiger partial charge on any atom is 0.161 e. The highest BCUT2D eigenvalue weighted by Gasteiger charge is 2.36. The number of allylic oxidation sites excluding steroid dienone is 4. The minimum atomic E-state index is -0.134. The van der Waals surface area contributed by atoms with Crippen molar-refractivity contribution in [2.75, 3.05) is 6.54 Å². The summed E-state index contributed by atoms with van der Waals surface area (Å²) in [6.07, 6.45) is 4.44. The van der Waals surface area contributed by atoms with Crippen molar-refractivity contribution in [2.45, 2.75) is 52.4 Å². The van der Waals surface area contributed by atoms with E-state index in [0.717, 1.165) is 50.2 Å². The molecule has 0 saturated carbocycles. The highest BCUT2D eigenvalue weighted by atomic mass is 15.0. The molecular formula is C64H53N3. The molecule has 3 heteroatoms. The fourth-order valence-electron chi connectivity index (χ4n) is 10.6. The van der Waals surface area contributed by atoms with Gasteiger partial charge < -0.3 is 0 Å². The standard InChI is InChI=1S/C64H53N3/c1-7-16-56-41(2)53-33-31-48(38-58(53)63(56,3)4)50-35-51(49-32-34-55-54-21-14-15-22-57(54)64(5,6)59(55)39-49)37-52(36-50)62-66-60(46-27-23-44(24-28-46)42-17-10-8-11-18-42)40-65-61(67-62)47-29-25-45(26-30-47)43-19-12-9-13-20-43/h7-39H,40H2,1-6H3/b16-7-. The Bertz CT molecular complexity index is 3390. The second-order valence-corrected chi connectivity index (χ2v) is 19.2. The third-order valence-corrected chi connectivity index (χ3v) is 14.4. The summed E-state index contributed by atoms with van der Waals surface area (Å²) in [7, 11) is 0. The van der Waals surface area contributed by atoms with Gasteiger partial charge in [-0.2, -0.15) is 0 Å². The first-order valence-electron chi connectivity index (χ1n) is 23.5. The molecule has 1 aliphatic heterocycles. The summed E-state index contributed by atoms with van der Waals surface area (Å²) < 4.78 is 0. The maximum absolute atomic E-state index is 5.50. The average molecular weight is 864 g/mol. The third kappa shape index (κ3) is 7.45. The number of hydrogen-bond donors (Lipinski definition) is 0. The van der Waals surface area contributed by atoms with Crippen LogP contribution in [-0.2, 0) is 10.8 Å². The van der Waals surface area contributed by atoms with Gasteiger partial charge >= 0.3 is 0 Å². The summed E-state index contributed by atoms with van der Waals surface area (Å²) in [5, 5.41) is 0. The third-order valence-electron chi connectivity index (χ3n) is 14.4. The van der Waals surface area contributed by atoms with Crippen molar-refractivity contribution in [1.29, 1.82) is 0 Å². The molecular weight excluding hydrogens is 811 g/mol. The van der Waals surface area contributed by atoms with E-state index in [9.17, 15) is 0 Å². The molecule has 0 aromatic heterocycles. The molecule has 3 nitrogen and oxygen atoms in total. The monoisotopic (exact) mass is 863 g/mol. The Morgan fingerprint density at radius 1 is 0.388 bits per heavy atom. The Kier molecular flexibility index (Phi) is 10.4. The van der Waals surface area contributed by atoms with Crippen LogP contribution >= 0.6 is 0 Å². The molecule has 0 N–H and O–H groups in total. The minimum Gasteiger partial charge on any atom is -0.260 e. The predicted molar refractivity (Wildman–Crippen MR) is 284 cm³/mol. The maximum atomic E-state index is 5.50. The molecule has 0 bridgehead atoms. The highest BCUT2D eigenvalue weighted by molar-refractivity contribution is 6.20. The van der Waals surface area contributed by atoms with Gasteiger partial charge in [-0.05, 0) is 139 Å². The van der Waals surface area contributed by atoms with Crippen LogP contribution in [0.3, 0.4) is 0 Å². The molecule has 2 aliphatic carbocycles. The normalized spacial score (nSPS) is 15.6. The van der Waals surface area contributed by atoms with Gasteiger partial charge in [0.1, 0.15) is 0 Å². The van der Waals surface area contributed by atoms with E-state index >= 15 is 0 Å². The number of amidine groups is 2. The molecule has 0 saturated heterocycles. The van der Waals surface area contributed by atoms with E-state index in [1.54, 1.807) is 0 Å². The lowest BCUT2D eigenvalue weighted by molar-refractivity contribution is 0.654. The van der Waals surface area contributed by atoms with Crippen molar-refractivity contribution in [3.63, 3.8) is 0 Å². The zero-order chi connectivity index (χ0) is 45.9. The molecule has 0 fully saturated rings. The molecule has 0 radical (unpaired) electrons. The number of aliphatic imine (C=N–C) groups is 3. The molecule has 8 aromatic carbocycles. The number of hydrogen-bond acceptors (Lipinski definition) is 3. The Hall–Kier alpha value is -7.75. The smallest absolute Gasteiger partial charge is 0.161 e. The average Bonchev–Trinajstić information content (AvgIpc) is 3.56. The van der Waals surface area contributed by atoms with E-state index in [-0.39, 0.29) is 10.8 Å². The lowest BCUT2D eigenvalue weighted by Crippen LogP contribution is -2.16. The van der Waals surface area contributed by atoms with Crippen LogP contribution in [0.2, 0.25) is 0 Å². The quantitative estimate of drug-likeness (QED) is 0.146. The first-order valence-corrected chi connectivity index (χ1v) is 23.5. The van der Waals surface area contributed by atoms with Crippen molar-refractivity contribution in [3.05, 3.63) is 245 Å². The molecule has 0 spiro atoms. The van der Waals surface area contributed by atoms with Gasteiger partial charge in [0.15, 0.2) is 11.7 Å². The first-order chi connectivity index (χ1) is 32.6. The summed E-state index contributed by atoms with van der Waals surface area (Å²) >= 11 is 0. The fraction of sp³-hybridized carbons (Fsp3) is 0.141. The summed E-state index contributed by atoms with van der Waals surface area (Å²) in [6.45, 7) is 14.2. The van der Waals surface area contributed by atoms with E-state index in [0.29, 0.717) is 18.2 Å². The van der Waals surface area contributed by atoms with Gasteiger partial charge in [-0.15, -0.1) is 0 Å². The molecule has 0 unspecified atom stereocenters. The van der Waals surface area contributed by atoms with Crippen molar-refractivity contribution in [1.82, 2.24) is 0 Å². The van der Waals surface area contributed by atoms with Crippen LogP contribution in [0.4, 0.5) is 0 Å². The molecule has 1 heterocycles. The van der Waals surface area contributed by atoms with Crippen LogP contribution in [0.5, 0.6) is 0 Å². The Balaban J connectivity index is 1.08. The van der Waals surface area contributed by atoms with Crippen LogP contribution in [0.15, 0.2) is 221 Å². The number of fused-ring (bicyclic) bond motifs is 4. The molecule has 8 aromatic rings. The van der Waals surface area contributed by atoms with Crippen LogP contribution in [0, 0.1) is 0 Å². The molecule has 0 atom stereocenters. The van der Waals surface area contributed by atoms with Gasteiger partial charge in [0.05, 0.1) is 12.3 Å². The van der Waals surface area contributed by atoms with Crippen molar-refractivity contribution < 1.29 is 0 Å². The second-order valence-electron chi connectivity index (χ2n) is 19.2. The molecule has 11 rings (SSSR count). The molecule has 3 aliphatic rings. The van der Waals surface area contributed by atoms with Crippen molar-refractivity contribution >= 4 is 23.0 Å². The van der Waals surface area contributed by atoms with Gasteiger partial charge in [0.2, 0.25) is 0 Å². The summed E-state index contributed by atoms with van der Waals surface area (Å²) in [6, 6.07) is 68.2. The Labute approximate surface area is 395 Å². The topological polar surface area (TPSA) is 37.1 Å². The Morgan fingerprint density at radius 2 is 0.866 bits per heavy atom. The van der Waals surface area contributed by atoms with Gasteiger partial charge in [-0.25, -0.2) is 9.98 Å². The summed E-state index contributed by atoms with van der Waals surface area (Å²) in [5.41, 5.74) is 23.5. The highest BCUT2D eigenvalue weighted by Crippen LogP contribution is 2.51. The van der Waals surface area contributed by atoms with E-state index in [2.05, 4.69) is 242 Å². The van der Waals surface area contributed by atoms with Gasteiger partial charge in [-0.3, -0.25) is 4.99 Å². The van der Waals surface area contributed by atoms with Crippen LogP contribution < -0.4 is 0 Å². The van der Waals surface area contributed by atoms with Gasteiger partial charge in [0, 0.05) is 22.0 Å². The minimum absolute atomic E-state index is 0.133. The van der Waals surface area contributed by atoms with Gasteiger partial charge in [0.25, 0.3) is 0 Å². The van der Waals surface area contributed by atoms with Gasteiger partial charge in [-0.1, -0.05) is 198 Å². The molecule has 0 amide bonds. The summed E-state index contributed by atoms with van der Waals surface area (Å²) in [4.78, 5) is 16.1. The van der Waals surface area contributed by atoms with Crippen LogP contribution in [0.25, 0.3) is 61.2 Å². The number of rotatable bonds is 8. The molecule has 324 valence electrons. The van der Waals surface area contributed by atoms with Crippen molar-refractivity contribution in [3.8, 4) is 55.6 Å². The predicted octanol–water partition coefficient (Wildman–Crippen LogP) is 16.0. The lowest BCUT2D eigenvalue weighted by atomic mass is 9.80. The van der Waals surface area contributed by atoms with E-state index < -0.39 is 0 Å². The molecule has 67 heavy (non-hydrogen) atoms. The van der Waals surface area contributed by atoms with Crippen LogP contribution in [0.1, 0.15) is 80.5 Å². The van der Waals surface area contributed by atoms with E-state index in [1.165, 1.54) is 61.2 Å². The lowest BCUT2D eigenvalue weighted by Gasteiger charge is -2.24. The van der Waals surface area contributed by atoms with Crippen LogP contribution in [-0.4, -0.2) is 23.9 Å². The second kappa shape index (κ2) is 16.6. The zero-order valence-corrected chi connectivity index (χ0v) is 39.1. The number of nitrogens with zero attached hydrogens (tertiary/aromatic N) is 3. The number of benzene rings is 8. The zero-order valence-electron chi connectivity index (χ0n) is 39.1. The largest absolute Gasteiger partial charge is 0.260 e. The van der Waals surface area contributed by atoms with Crippen molar-refractivity contribution in [2.24, 2.45) is 15.0 Å². The SMILES string of the molecule is C/C=C\C1=C(C)c2ccc(-c3cc(C4=NC(c5ccc(-c6ccccc6)cc5)=NCC(c5ccc(-c6ccccc6)cc5)=N4)cc(-c4ccc5c(c4)C(C)(C)c4ccccc4-5)c3)cc2C1(C)C. The Morgan fingerprint density at radius 3 is 1.48 bits per heavy atom. The van der Waals surface area contributed by atoms with E-state index in [4.69, 9.17) is 15.0 Å². The first kappa shape index (κ1) is 41.9. The fourth-order valence-corrected chi connectivity index (χ4v) is 10.6. The summed E-state index contributed by atoms with van der Waals surface area (Å²) in [5.74, 6) is 1.30. The van der Waals surface area contributed by atoms with E-state index in [1.807, 2.05) is 0 Å².